The van der Waals surface area contributed by atoms with Crippen molar-refractivity contribution in [3.8, 4) is 5.75 Å². The monoisotopic (exact) mass is 588 g/mol. The van der Waals surface area contributed by atoms with Gasteiger partial charge in [0.25, 0.3) is 5.91 Å². The van der Waals surface area contributed by atoms with E-state index in [9.17, 15) is 19.2 Å². The molecule has 3 heterocycles. The summed E-state index contributed by atoms with van der Waals surface area (Å²) in [7, 11) is 1.55. The quantitative estimate of drug-likeness (QED) is 0.230. The number of nitrogens with one attached hydrogen (secondary N) is 5. The van der Waals surface area contributed by atoms with E-state index in [1.807, 2.05) is 26.0 Å². The SMILES string of the molecule is COc1cccc2[nH]c(C(=O)N[C@@H](CC(C)C)C(=O)N[C@@H](C[C@@H]3CCNC3=O)C3OC(=O)N(c4ccccc4)C3=N)cc12. The zero-order valence-electron chi connectivity index (χ0n) is 24.3. The molecule has 1 aromatic heterocycles. The highest BCUT2D eigenvalue weighted by atomic mass is 16.6. The molecule has 12 heteroatoms. The summed E-state index contributed by atoms with van der Waals surface area (Å²) in [4.78, 5) is 56.7. The number of benzene rings is 2. The van der Waals surface area contributed by atoms with Gasteiger partial charge in [-0.2, -0.15) is 0 Å². The van der Waals surface area contributed by atoms with E-state index in [1.54, 1.807) is 49.6 Å². The van der Waals surface area contributed by atoms with E-state index in [-0.39, 0.29) is 29.8 Å². The summed E-state index contributed by atoms with van der Waals surface area (Å²) in [5.74, 6) is -1.04. The highest BCUT2D eigenvalue weighted by molar-refractivity contribution is 6.19. The van der Waals surface area contributed by atoms with E-state index in [0.29, 0.717) is 36.3 Å². The minimum Gasteiger partial charge on any atom is -0.496 e. The van der Waals surface area contributed by atoms with Gasteiger partial charge in [-0.05, 0) is 55.5 Å². The van der Waals surface area contributed by atoms with E-state index in [0.717, 1.165) is 10.3 Å². The molecule has 2 fully saturated rings. The number of rotatable bonds is 11. The normalized spacial score (nSPS) is 19.7. The van der Waals surface area contributed by atoms with E-state index in [1.165, 1.54) is 0 Å². The lowest BCUT2D eigenvalue weighted by Crippen LogP contribution is -2.55. The standard InChI is InChI=1S/C31H36N6O6/c1-17(2)14-23(36-30(40)24-16-20-21(34-24)10-7-11-25(20)42-3)29(39)35-22(15-18-12-13-33-28(18)38)26-27(32)37(31(41)43-26)19-8-5-4-6-9-19/h4-11,16-18,22-23,26,32,34H,12-15H2,1-3H3,(H,33,38)(H,35,39)(H,36,40)/t18-,22-,23-,26?/m0/s1. The number of hydrogen-bond acceptors (Lipinski definition) is 7. The molecule has 12 nitrogen and oxygen atoms in total. The number of amides is 4. The third-order valence-corrected chi connectivity index (χ3v) is 7.75. The fourth-order valence-corrected chi connectivity index (χ4v) is 5.62. The molecule has 2 aliphatic rings. The first-order chi connectivity index (χ1) is 20.7. The molecule has 226 valence electrons. The van der Waals surface area contributed by atoms with Gasteiger partial charge in [0.05, 0.1) is 18.8 Å². The molecule has 4 atom stereocenters. The predicted octanol–water partition coefficient (Wildman–Crippen LogP) is 3.33. The Labute approximate surface area is 249 Å². The van der Waals surface area contributed by atoms with Crippen molar-refractivity contribution in [2.24, 2.45) is 11.8 Å². The maximum absolute atomic E-state index is 13.8. The number of aromatic nitrogens is 1. The fourth-order valence-electron chi connectivity index (χ4n) is 5.62. The predicted molar refractivity (Wildman–Crippen MR) is 160 cm³/mol. The minimum atomic E-state index is -1.12. The van der Waals surface area contributed by atoms with E-state index >= 15 is 0 Å². The molecular weight excluding hydrogens is 552 g/mol. The van der Waals surface area contributed by atoms with Crippen LogP contribution in [0.15, 0.2) is 54.6 Å². The number of para-hydroxylation sites is 1. The number of hydrogen-bond donors (Lipinski definition) is 5. The number of carbonyl (C=O) groups is 4. The van der Waals surface area contributed by atoms with Crippen molar-refractivity contribution in [3.63, 3.8) is 0 Å². The lowest BCUT2D eigenvalue weighted by Gasteiger charge is -2.28. The Bertz CT molecular complexity index is 1540. The second-order valence-corrected chi connectivity index (χ2v) is 11.2. The zero-order chi connectivity index (χ0) is 30.7. The van der Waals surface area contributed by atoms with Crippen molar-refractivity contribution in [2.75, 3.05) is 18.6 Å². The van der Waals surface area contributed by atoms with Crippen LogP contribution >= 0.6 is 0 Å². The number of methoxy groups -OCH3 is 1. The van der Waals surface area contributed by atoms with Crippen LogP contribution < -0.4 is 25.6 Å². The lowest BCUT2D eigenvalue weighted by molar-refractivity contribution is -0.126. The van der Waals surface area contributed by atoms with Crippen molar-refractivity contribution >= 4 is 46.2 Å². The molecule has 2 aromatic carbocycles. The summed E-state index contributed by atoms with van der Waals surface area (Å²) in [6, 6.07) is 13.9. The smallest absolute Gasteiger partial charge is 0.420 e. The maximum atomic E-state index is 13.8. The lowest BCUT2D eigenvalue weighted by atomic mass is 9.93. The third kappa shape index (κ3) is 6.32. The van der Waals surface area contributed by atoms with Crippen molar-refractivity contribution < 1.29 is 28.7 Å². The van der Waals surface area contributed by atoms with Gasteiger partial charge < -0.3 is 30.4 Å². The molecule has 4 amide bonds. The summed E-state index contributed by atoms with van der Waals surface area (Å²) >= 11 is 0. The van der Waals surface area contributed by atoms with Gasteiger partial charge >= 0.3 is 6.09 Å². The van der Waals surface area contributed by atoms with E-state index in [2.05, 4.69) is 20.9 Å². The topological polar surface area (TPSA) is 166 Å². The Morgan fingerprint density at radius 2 is 1.88 bits per heavy atom. The molecule has 0 aliphatic carbocycles. The number of cyclic esters (lactones) is 1. The average molecular weight is 589 g/mol. The number of ether oxygens (including phenoxy) is 2. The summed E-state index contributed by atoms with van der Waals surface area (Å²) in [5, 5.41) is 18.1. The van der Waals surface area contributed by atoms with Gasteiger partial charge in [0.2, 0.25) is 11.8 Å². The van der Waals surface area contributed by atoms with Gasteiger partial charge in [0.15, 0.2) is 11.9 Å². The van der Waals surface area contributed by atoms with Gasteiger partial charge in [-0.25, -0.2) is 9.69 Å². The summed E-state index contributed by atoms with van der Waals surface area (Å²) in [6.07, 6.45) is -0.822. The second-order valence-electron chi connectivity index (χ2n) is 11.2. The van der Waals surface area contributed by atoms with Crippen LogP contribution in [0.4, 0.5) is 10.5 Å². The first kappa shape index (κ1) is 29.6. The highest BCUT2D eigenvalue weighted by Crippen LogP contribution is 2.29. The molecule has 2 saturated heterocycles. The van der Waals surface area contributed by atoms with E-state index < -0.39 is 42.0 Å². The summed E-state index contributed by atoms with van der Waals surface area (Å²) in [6.45, 7) is 4.38. The van der Waals surface area contributed by atoms with Crippen LogP contribution in [-0.4, -0.2) is 66.5 Å². The minimum absolute atomic E-state index is 0.0501. The number of fused-ring (bicyclic) bond motifs is 1. The van der Waals surface area contributed by atoms with Crippen LogP contribution in [-0.2, 0) is 14.3 Å². The van der Waals surface area contributed by atoms with Crippen molar-refractivity contribution in [1.82, 2.24) is 20.9 Å². The number of aromatic amines is 1. The maximum Gasteiger partial charge on any atom is 0.420 e. The van der Waals surface area contributed by atoms with Crippen LogP contribution in [0.2, 0.25) is 0 Å². The van der Waals surface area contributed by atoms with Crippen LogP contribution in [0.3, 0.4) is 0 Å². The molecule has 0 radical (unpaired) electrons. The van der Waals surface area contributed by atoms with Crippen LogP contribution in [0.5, 0.6) is 5.75 Å². The molecule has 3 aromatic rings. The van der Waals surface area contributed by atoms with Gasteiger partial charge in [-0.1, -0.05) is 38.1 Å². The van der Waals surface area contributed by atoms with Crippen molar-refractivity contribution in [1.29, 1.82) is 5.41 Å². The Hall–Kier alpha value is -4.87. The number of amidine groups is 1. The first-order valence-electron chi connectivity index (χ1n) is 14.3. The van der Waals surface area contributed by atoms with Crippen LogP contribution in [0.1, 0.15) is 43.6 Å². The molecule has 2 aliphatic heterocycles. The van der Waals surface area contributed by atoms with Crippen LogP contribution in [0.25, 0.3) is 10.9 Å². The molecule has 0 bridgehead atoms. The number of anilines is 1. The number of H-pyrrole nitrogens is 1. The Morgan fingerprint density at radius 1 is 1.12 bits per heavy atom. The summed E-state index contributed by atoms with van der Waals surface area (Å²) < 4.78 is 11.0. The number of carbonyl (C=O) groups excluding carboxylic acids is 4. The van der Waals surface area contributed by atoms with Crippen molar-refractivity contribution in [3.05, 3.63) is 60.3 Å². The molecule has 43 heavy (non-hydrogen) atoms. The van der Waals surface area contributed by atoms with Gasteiger partial charge in [0, 0.05) is 23.4 Å². The van der Waals surface area contributed by atoms with Gasteiger partial charge in [-0.15, -0.1) is 0 Å². The first-order valence-corrected chi connectivity index (χ1v) is 14.3. The Morgan fingerprint density at radius 3 is 2.56 bits per heavy atom. The van der Waals surface area contributed by atoms with Gasteiger partial charge in [0.1, 0.15) is 17.5 Å². The van der Waals surface area contributed by atoms with E-state index in [4.69, 9.17) is 14.9 Å². The molecule has 5 rings (SSSR count). The molecule has 0 spiro atoms. The summed E-state index contributed by atoms with van der Waals surface area (Å²) in [5.41, 5.74) is 1.45. The Balaban J connectivity index is 1.37. The molecule has 5 N–H and O–H groups in total. The third-order valence-electron chi connectivity index (χ3n) is 7.75. The average Bonchev–Trinajstić information content (AvgIpc) is 3.68. The largest absolute Gasteiger partial charge is 0.496 e. The zero-order valence-corrected chi connectivity index (χ0v) is 24.3. The van der Waals surface area contributed by atoms with Gasteiger partial charge in [-0.3, -0.25) is 19.8 Å². The highest BCUT2D eigenvalue weighted by Gasteiger charge is 2.45. The Kier molecular flexibility index (Phi) is 8.65. The number of nitrogens with zero attached hydrogens (tertiary/aromatic N) is 1. The van der Waals surface area contributed by atoms with Crippen molar-refractivity contribution in [2.45, 2.75) is 51.3 Å². The fraction of sp³-hybridized carbons (Fsp3) is 0.387. The van der Waals surface area contributed by atoms with Crippen LogP contribution in [0, 0.1) is 17.2 Å². The second kappa shape index (κ2) is 12.6. The molecular formula is C31H36N6O6. The molecule has 0 saturated carbocycles. The molecule has 1 unspecified atom stereocenters.